The first-order valence-electron chi connectivity index (χ1n) is 23.2. The van der Waals surface area contributed by atoms with Gasteiger partial charge < -0.3 is 55.9 Å². The summed E-state index contributed by atoms with van der Waals surface area (Å²) in [5, 5.41) is 42.4. The lowest BCUT2D eigenvalue weighted by molar-refractivity contribution is 0.327. The number of nitriles is 4. The fourth-order valence-electron chi connectivity index (χ4n) is 12.5. The van der Waals surface area contributed by atoms with Gasteiger partial charge in [-0.3, -0.25) is 0 Å². The van der Waals surface area contributed by atoms with Crippen molar-refractivity contribution in [2.45, 2.75) is 69.9 Å². The van der Waals surface area contributed by atoms with Crippen LogP contribution in [0.25, 0.3) is 44.7 Å². The highest BCUT2D eigenvalue weighted by atomic mass is 16.6. The fraction of sp³-hybridized carbons (Fsp3) is 0.286. The van der Waals surface area contributed by atoms with Crippen LogP contribution in [0.4, 0.5) is 11.4 Å². The van der Waals surface area contributed by atoms with Gasteiger partial charge in [-0.2, -0.15) is 21.0 Å². The molecule has 0 fully saturated rings. The standard InChI is InChI=1S/C56H42N6O10/c1-54(2)23-56(34-13-43-41(11-32(34)54)68-48-28(17-57)46(65-7)47(66-8)29(18-58)49(48)70-43)24-55(3,4)33-12-42-44(14-35(33)56)71-52-31(20-60)53-50(30(19-59)51(52)69-42)67-40-10-27-22-61-25-62(37(27)16-45(40)72-53)21-26-9-38(63-5)39(64-6)15-36(26)61/h9-16H,21-25H2,1-8H3. The Labute approximate surface area is 411 Å². The number of hydrogen-bond donors (Lipinski definition) is 0. The number of anilines is 2. The predicted octanol–water partition coefficient (Wildman–Crippen LogP) is 12.2. The largest absolute Gasteiger partial charge is 0.493 e. The van der Waals surface area contributed by atoms with E-state index in [1.165, 1.54) is 14.2 Å². The van der Waals surface area contributed by atoms with Crippen LogP contribution >= 0.6 is 0 Å². The van der Waals surface area contributed by atoms with Gasteiger partial charge in [0, 0.05) is 42.0 Å². The number of nitrogens with zero attached hydrogens (tertiary/aromatic N) is 6. The Morgan fingerprint density at radius 1 is 0.472 bits per heavy atom. The Balaban J connectivity index is 0.958. The van der Waals surface area contributed by atoms with Crippen molar-refractivity contribution in [1.82, 2.24) is 0 Å². The molecule has 0 amide bonds. The van der Waals surface area contributed by atoms with Gasteiger partial charge in [-0.25, -0.2) is 0 Å². The van der Waals surface area contributed by atoms with E-state index in [0.29, 0.717) is 77.9 Å². The van der Waals surface area contributed by atoms with Crippen molar-refractivity contribution >= 4 is 56.0 Å². The number of ether oxygens (including phenoxy) is 6. The Hall–Kier alpha value is -9.12. The second-order valence-corrected chi connectivity index (χ2v) is 20.3. The maximum atomic E-state index is 10.9. The van der Waals surface area contributed by atoms with Crippen LogP contribution in [0.5, 0.6) is 46.0 Å². The Kier molecular flexibility index (Phi) is 8.63. The zero-order valence-corrected chi connectivity index (χ0v) is 40.4. The third-order valence-corrected chi connectivity index (χ3v) is 15.4. The number of fused-ring (bicyclic) bond motifs is 16. The smallest absolute Gasteiger partial charge is 0.193 e. The van der Waals surface area contributed by atoms with Crippen molar-refractivity contribution < 1.29 is 46.1 Å². The van der Waals surface area contributed by atoms with Crippen LogP contribution in [0.15, 0.2) is 66.2 Å². The van der Waals surface area contributed by atoms with E-state index in [1.807, 2.05) is 48.5 Å². The quantitative estimate of drug-likeness (QED) is 0.150. The van der Waals surface area contributed by atoms with Gasteiger partial charge in [0.2, 0.25) is 0 Å². The Bertz CT molecular complexity index is 4070. The molecule has 3 aliphatic heterocycles. The molecule has 16 nitrogen and oxygen atoms in total. The lowest BCUT2D eigenvalue weighted by Crippen LogP contribution is -2.46. The number of benzene rings is 6. The van der Waals surface area contributed by atoms with Crippen LogP contribution in [-0.4, -0.2) is 35.1 Å². The van der Waals surface area contributed by atoms with Crippen molar-refractivity contribution in [3.05, 3.63) is 104 Å². The summed E-state index contributed by atoms with van der Waals surface area (Å²) in [5.41, 5.74) is 8.78. The summed E-state index contributed by atoms with van der Waals surface area (Å²) in [6.45, 7) is 10.6. The molecule has 2 aliphatic carbocycles. The van der Waals surface area contributed by atoms with E-state index in [-0.39, 0.29) is 78.4 Å². The minimum absolute atomic E-state index is 0.0182. The minimum Gasteiger partial charge on any atom is -0.493 e. The van der Waals surface area contributed by atoms with E-state index >= 15 is 0 Å². The van der Waals surface area contributed by atoms with Gasteiger partial charge in [0.15, 0.2) is 90.7 Å². The van der Waals surface area contributed by atoms with E-state index in [9.17, 15) is 21.0 Å². The fourth-order valence-corrected chi connectivity index (χ4v) is 12.5. The summed E-state index contributed by atoms with van der Waals surface area (Å²) >= 11 is 0. The SMILES string of the molecule is COc1cc2c(cc1OC)N1Cc3cc4oc5c(C#N)c6oc7cc8c(cc7oc6c(C#N)c5oc4cc3N(C2)C1)C1(CC(C)(C)c2cc3c(cc21)Oc1c(C#N)c(OC)c(OC)c(C#N)c1O3)CC8(C)C. The summed E-state index contributed by atoms with van der Waals surface area (Å²) in [6, 6.07) is 24.7. The second-order valence-electron chi connectivity index (χ2n) is 20.3. The third kappa shape index (κ3) is 5.52. The van der Waals surface area contributed by atoms with Crippen LogP contribution in [-0.2, 0) is 29.3 Å². The summed E-state index contributed by atoms with van der Waals surface area (Å²) in [4.78, 5) is 4.51. The number of methoxy groups -OCH3 is 4. The molecule has 0 saturated heterocycles. The predicted molar refractivity (Wildman–Crippen MR) is 261 cm³/mol. The summed E-state index contributed by atoms with van der Waals surface area (Å²) in [5.74, 6) is 2.37. The first-order valence-corrected chi connectivity index (χ1v) is 23.2. The zero-order valence-electron chi connectivity index (χ0n) is 40.4. The molecule has 5 aliphatic rings. The van der Waals surface area contributed by atoms with Crippen molar-refractivity contribution in [2.24, 2.45) is 0 Å². The average Bonchev–Trinajstić information content (AvgIpc) is 3.73. The van der Waals surface area contributed by atoms with Crippen molar-refractivity contribution in [2.75, 3.05) is 44.9 Å². The molecule has 0 saturated carbocycles. The molecule has 2 bridgehead atoms. The van der Waals surface area contributed by atoms with Gasteiger partial charge in [-0.15, -0.1) is 0 Å². The van der Waals surface area contributed by atoms with Crippen molar-refractivity contribution in [1.29, 1.82) is 21.0 Å². The molecule has 5 heterocycles. The minimum atomic E-state index is -0.569. The van der Waals surface area contributed by atoms with Crippen molar-refractivity contribution in [3.63, 3.8) is 0 Å². The van der Waals surface area contributed by atoms with Crippen LogP contribution in [0.1, 0.15) is 96.2 Å². The van der Waals surface area contributed by atoms with Gasteiger partial charge >= 0.3 is 0 Å². The van der Waals surface area contributed by atoms with E-state index < -0.39 is 5.41 Å². The lowest BCUT2D eigenvalue weighted by atomic mass is 9.72. The van der Waals surface area contributed by atoms with Crippen LogP contribution in [0, 0.1) is 45.3 Å². The van der Waals surface area contributed by atoms with Crippen molar-refractivity contribution in [3.8, 4) is 70.3 Å². The van der Waals surface area contributed by atoms with Gasteiger partial charge in [-0.1, -0.05) is 27.7 Å². The first kappa shape index (κ1) is 42.9. The maximum absolute atomic E-state index is 10.9. The highest BCUT2D eigenvalue weighted by Crippen LogP contribution is 2.66. The molecule has 6 aromatic carbocycles. The molecule has 1 spiro atoms. The van der Waals surface area contributed by atoms with Crippen LogP contribution < -0.4 is 38.2 Å². The van der Waals surface area contributed by atoms with Crippen LogP contribution in [0.2, 0.25) is 0 Å². The molecule has 16 heteroatoms. The molecular formula is C56H42N6O10. The Morgan fingerprint density at radius 2 is 0.875 bits per heavy atom. The summed E-state index contributed by atoms with van der Waals surface area (Å²) in [7, 11) is 6.05. The van der Waals surface area contributed by atoms with Crippen LogP contribution in [0.3, 0.4) is 0 Å². The summed E-state index contributed by atoms with van der Waals surface area (Å²) < 4.78 is 62.1. The molecule has 8 aromatic rings. The van der Waals surface area contributed by atoms with E-state index in [2.05, 4.69) is 61.8 Å². The third-order valence-electron chi connectivity index (χ3n) is 15.4. The van der Waals surface area contributed by atoms with Gasteiger partial charge in [0.25, 0.3) is 0 Å². The zero-order chi connectivity index (χ0) is 49.9. The molecule has 0 radical (unpaired) electrons. The van der Waals surface area contributed by atoms with E-state index in [1.54, 1.807) is 14.2 Å². The lowest BCUT2D eigenvalue weighted by Gasteiger charge is -2.44. The van der Waals surface area contributed by atoms with E-state index in [4.69, 9.17) is 46.1 Å². The Morgan fingerprint density at radius 3 is 1.36 bits per heavy atom. The molecule has 356 valence electrons. The normalized spacial score (nSPS) is 17.8. The topological polar surface area (TPSA) is 210 Å². The number of hydrogen-bond acceptors (Lipinski definition) is 16. The molecule has 1 atom stereocenters. The highest BCUT2D eigenvalue weighted by molar-refractivity contribution is 6.02. The molecular weight excluding hydrogens is 917 g/mol. The highest BCUT2D eigenvalue weighted by Gasteiger charge is 2.57. The maximum Gasteiger partial charge on any atom is 0.193 e. The number of rotatable bonds is 4. The molecule has 13 rings (SSSR count). The van der Waals surface area contributed by atoms with Gasteiger partial charge in [0.05, 0.1) is 35.1 Å². The second kappa shape index (κ2) is 14.5. The molecule has 2 aromatic heterocycles. The molecule has 0 N–H and O–H groups in total. The van der Waals surface area contributed by atoms with E-state index in [0.717, 1.165) is 44.8 Å². The monoisotopic (exact) mass is 958 g/mol. The average molecular weight is 959 g/mol. The van der Waals surface area contributed by atoms with Gasteiger partial charge in [0.1, 0.15) is 46.5 Å². The van der Waals surface area contributed by atoms with Gasteiger partial charge in [-0.05, 0) is 93.5 Å². The molecule has 1 unspecified atom stereocenters. The summed E-state index contributed by atoms with van der Waals surface area (Å²) in [6.07, 6.45) is 1.42. The molecule has 72 heavy (non-hydrogen) atoms. The first-order chi connectivity index (χ1) is 34.7.